The molecule has 0 saturated carbocycles. The van der Waals surface area contributed by atoms with Crippen molar-refractivity contribution < 1.29 is 0 Å². The van der Waals surface area contributed by atoms with Gasteiger partial charge in [-0.1, -0.05) is 0 Å². The molecule has 1 aliphatic heterocycles. The van der Waals surface area contributed by atoms with Gasteiger partial charge in [0.1, 0.15) is 5.82 Å². The van der Waals surface area contributed by atoms with Gasteiger partial charge in [-0.05, 0) is 26.3 Å². The van der Waals surface area contributed by atoms with E-state index in [1.54, 1.807) is 0 Å². The second-order valence-corrected chi connectivity index (χ2v) is 4.69. The number of anilines is 2. The van der Waals surface area contributed by atoms with E-state index in [0.29, 0.717) is 12.1 Å². The summed E-state index contributed by atoms with van der Waals surface area (Å²) in [5, 5.41) is 3.31. The van der Waals surface area contributed by atoms with E-state index in [0.717, 1.165) is 25.3 Å². The average molecular weight is 220 g/mol. The van der Waals surface area contributed by atoms with Crippen LogP contribution in [-0.2, 0) is 0 Å². The summed E-state index contributed by atoms with van der Waals surface area (Å²) < 4.78 is 0. The summed E-state index contributed by atoms with van der Waals surface area (Å²) in [7, 11) is 0. The fourth-order valence-electron chi connectivity index (χ4n) is 2.01. The van der Waals surface area contributed by atoms with Crippen LogP contribution in [0, 0.1) is 0 Å². The molecular weight excluding hydrogens is 200 g/mol. The highest BCUT2D eigenvalue weighted by Crippen LogP contribution is 2.21. The van der Waals surface area contributed by atoms with Gasteiger partial charge in [0.2, 0.25) is 0 Å². The van der Waals surface area contributed by atoms with Crippen LogP contribution < -0.4 is 16.0 Å². The fourth-order valence-corrected chi connectivity index (χ4v) is 2.01. The zero-order chi connectivity index (χ0) is 11.5. The fraction of sp³-hybridized carbons (Fsp3) is 0.583. The van der Waals surface area contributed by atoms with Gasteiger partial charge < -0.3 is 16.0 Å². The summed E-state index contributed by atoms with van der Waals surface area (Å²) in [6.45, 7) is 6.22. The second-order valence-electron chi connectivity index (χ2n) is 4.69. The number of rotatable bonds is 3. The molecule has 4 heteroatoms. The van der Waals surface area contributed by atoms with Crippen LogP contribution in [0.3, 0.4) is 0 Å². The second kappa shape index (κ2) is 4.70. The lowest BCUT2D eigenvalue weighted by Crippen LogP contribution is -2.26. The van der Waals surface area contributed by atoms with Crippen molar-refractivity contribution in [3.8, 4) is 0 Å². The largest absolute Gasteiger partial charge is 0.370 e. The van der Waals surface area contributed by atoms with Crippen LogP contribution in [0.5, 0.6) is 0 Å². The number of hydrogen-bond donors (Lipinski definition) is 2. The van der Waals surface area contributed by atoms with Gasteiger partial charge in [0.05, 0.1) is 0 Å². The number of hydrogen-bond acceptors (Lipinski definition) is 4. The lowest BCUT2D eigenvalue weighted by Gasteiger charge is -2.19. The van der Waals surface area contributed by atoms with Crippen molar-refractivity contribution in [1.82, 2.24) is 4.98 Å². The average Bonchev–Trinajstić information content (AvgIpc) is 2.64. The first-order valence-corrected chi connectivity index (χ1v) is 5.88. The minimum Gasteiger partial charge on any atom is -0.370 e. The zero-order valence-corrected chi connectivity index (χ0v) is 9.98. The smallest absolute Gasteiger partial charge is 0.128 e. The summed E-state index contributed by atoms with van der Waals surface area (Å²) in [5.41, 5.74) is 7.12. The van der Waals surface area contributed by atoms with Crippen molar-refractivity contribution in [3.63, 3.8) is 0 Å². The molecule has 2 rings (SSSR count). The minimum absolute atomic E-state index is 0.315. The van der Waals surface area contributed by atoms with Crippen molar-refractivity contribution in [2.24, 2.45) is 5.73 Å². The maximum atomic E-state index is 5.91. The van der Waals surface area contributed by atoms with Gasteiger partial charge in [-0.15, -0.1) is 0 Å². The zero-order valence-electron chi connectivity index (χ0n) is 9.98. The van der Waals surface area contributed by atoms with Gasteiger partial charge in [-0.2, -0.15) is 0 Å². The SMILES string of the molecule is CC(C)Nc1cc(N2CC[C@@H](N)C2)ccn1. The Kier molecular flexibility index (Phi) is 3.29. The normalized spacial score (nSPS) is 20.5. The molecule has 4 nitrogen and oxygen atoms in total. The Bertz CT molecular complexity index is 351. The summed E-state index contributed by atoms with van der Waals surface area (Å²) in [6.07, 6.45) is 2.93. The van der Waals surface area contributed by atoms with Crippen molar-refractivity contribution in [1.29, 1.82) is 0 Å². The highest BCUT2D eigenvalue weighted by molar-refractivity contribution is 5.54. The Morgan fingerprint density at radius 2 is 2.38 bits per heavy atom. The summed E-state index contributed by atoms with van der Waals surface area (Å²) in [6, 6.07) is 4.86. The van der Waals surface area contributed by atoms with Crippen molar-refractivity contribution in [3.05, 3.63) is 18.3 Å². The first-order valence-electron chi connectivity index (χ1n) is 5.88. The lowest BCUT2D eigenvalue weighted by molar-refractivity contribution is 0.752. The molecule has 0 spiro atoms. The monoisotopic (exact) mass is 220 g/mol. The van der Waals surface area contributed by atoms with Gasteiger partial charge >= 0.3 is 0 Å². The molecule has 1 aromatic heterocycles. The van der Waals surface area contributed by atoms with E-state index in [1.165, 1.54) is 5.69 Å². The van der Waals surface area contributed by atoms with Gasteiger partial charge in [0, 0.05) is 43.1 Å². The van der Waals surface area contributed by atoms with Crippen molar-refractivity contribution in [2.45, 2.75) is 32.4 Å². The van der Waals surface area contributed by atoms with Crippen molar-refractivity contribution in [2.75, 3.05) is 23.3 Å². The summed E-state index contributed by atoms with van der Waals surface area (Å²) >= 11 is 0. The van der Waals surface area contributed by atoms with Crippen LogP contribution in [0.2, 0.25) is 0 Å². The molecular formula is C12H20N4. The highest BCUT2D eigenvalue weighted by atomic mass is 15.2. The van der Waals surface area contributed by atoms with E-state index in [1.807, 2.05) is 12.3 Å². The van der Waals surface area contributed by atoms with Crippen LogP contribution in [0.4, 0.5) is 11.5 Å². The van der Waals surface area contributed by atoms with Crippen LogP contribution in [0.25, 0.3) is 0 Å². The topological polar surface area (TPSA) is 54.2 Å². The van der Waals surface area contributed by atoms with E-state index in [9.17, 15) is 0 Å². The van der Waals surface area contributed by atoms with Gasteiger partial charge in [-0.3, -0.25) is 0 Å². The van der Waals surface area contributed by atoms with Crippen molar-refractivity contribution >= 4 is 11.5 Å². The third-order valence-electron chi connectivity index (χ3n) is 2.77. The van der Waals surface area contributed by atoms with E-state index in [2.05, 4.69) is 35.1 Å². The summed E-state index contributed by atoms with van der Waals surface area (Å²) in [5.74, 6) is 0.938. The van der Waals surface area contributed by atoms with E-state index < -0.39 is 0 Å². The van der Waals surface area contributed by atoms with E-state index in [-0.39, 0.29) is 0 Å². The Morgan fingerprint density at radius 3 is 3.00 bits per heavy atom. The molecule has 0 aromatic carbocycles. The lowest BCUT2D eigenvalue weighted by atomic mass is 10.3. The predicted molar refractivity (Wildman–Crippen MR) is 67.8 cm³/mol. The van der Waals surface area contributed by atoms with Crippen LogP contribution >= 0.6 is 0 Å². The van der Waals surface area contributed by atoms with Crippen LogP contribution in [0.1, 0.15) is 20.3 Å². The molecule has 1 aromatic rings. The Labute approximate surface area is 96.8 Å². The molecule has 1 fully saturated rings. The quantitative estimate of drug-likeness (QED) is 0.809. The summed E-state index contributed by atoms with van der Waals surface area (Å²) in [4.78, 5) is 6.62. The maximum absolute atomic E-state index is 5.91. The van der Waals surface area contributed by atoms with Crippen LogP contribution in [-0.4, -0.2) is 30.2 Å². The highest BCUT2D eigenvalue weighted by Gasteiger charge is 2.19. The van der Waals surface area contributed by atoms with Gasteiger partial charge in [-0.25, -0.2) is 4.98 Å². The molecule has 0 amide bonds. The number of aromatic nitrogens is 1. The van der Waals surface area contributed by atoms with Gasteiger partial charge in [0.25, 0.3) is 0 Å². The molecule has 0 radical (unpaired) electrons. The third kappa shape index (κ3) is 2.64. The first kappa shape index (κ1) is 11.2. The van der Waals surface area contributed by atoms with E-state index in [4.69, 9.17) is 5.73 Å². The molecule has 0 bridgehead atoms. The molecule has 16 heavy (non-hydrogen) atoms. The number of pyridine rings is 1. The molecule has 1 aliphatic rings. The molecule has 0 unspecified atom stereocenters. The van der Waals surface area contributed by atoms with Crippen LogP contribution in [0.15, 0.2) is 18.3 Å². The minimum atomic E-state index is 0.315. The third-order valence-corrected chi connectivity index (χ3v) is 2.77. The molecule has 0 aliphatic carbocycles. The molecule has 1 saturated heterocycles. The predicted octanol–water partition coefficient (Wildman–Crippen LogP) is 1.44. The number of nitrogens with one attached hydrogen (secondary N) is 1. The molecule has 1 atom stereocenters. The molecule has 3 N–H and O–H groups in total. The Hall–Kier alpha value is -1.29. The number of nitrogens with two attached hydrogens (primary N) is 1. The van der Waals surface area contributed by atoms with Gasteiger partial charge in [0.15, 0.2) is 0 Å². The molecule has 88 valence electrons. The Balaban J connectivity index is 2.09. The first-order chi connectivity index (χ1) is 7.65. The standard InChI is InChI=1S/C12H20N4/c1-9(2)15-12-7-11(3-5-14-12)16-6-4-10(13)8-16/h3,5,7,9-10H,4,6,8,13H2,1-2H3,(H,14,15)/t10-/m1/s1. The molecule has 2 heterocycles. The van der Waals surface area contributed by atoms with E-state index >= 15 is 0 Å². The maximum Gasteiger partial charge on any atom is 0.128 e. The number of nitrogens with zero attached hydrogens (tertiary/aromatic N) is 2. The Morgan fingerprint density at radius 1 is 1.56 bits per heavy atom.